The molecule has 2 saturated heterocycles. The van der Waals surface area contributed by atoms with E-state index >= 15 is 0 Å². The minimum Gasteiger partial charge on any atom is -0.345 e. The number of hydrogen-bond acceptors (Lipinski definition) is 3. The van der Waals surface area contributed by atoms with E-state index < -0.39 is 0 Å². The van der Waals surface area contributed by atoms with Crippen LogP contribution in [0.3, 0.4) is 0 Å². The van der Waals surface area contributed by atoms with Crippen molar-refractivity contribution in [3.05, 3.63) is 53.9 Å². The number of aromatic nitrogens is 2. The van der Waals surface area contributed by atoms with Gasteiger partial charge < -0.3 is 9.80 Å². The van der Waals surface area contributed by atoms with Crippen molar-refractivity contribution in [3.8, 4) is 0 Å². The summed E-state index contributed by atoms with van der Waals surface area (Å²) in [4.78, 5) is 29.2. The van der Waals surface area contributed by atoms with Crippen LogP contribution in [0.5, 0.6) is 0 Å². The molecule has 6 heteroatoms. The summed E-state index contributed by atoms with van der Waals surface area (Å²) in [6, 6.07) is 11.9. The van der Waals surface area contributed by atoms with E-state index in [0.29, 0.717) is 5.69 Å². The molecule has 2 aliphatic heterocycles. The Morgan fingerprint density at radius 3 is 2.44 bits per heavy atom. The molecule has 2 amide bonds. The van der Waals surface area contributed by atoms with Crippen LogP contribution in [0.1, 0.15) is 41.2 Å². The Bertz CT molecular complexity index is 837. The van der Waals surface area contributed by atoms with E-state index in [9.17, 15) is 9.59 Å². The summed E-state index contributed by atoms with van der Waals surface area (Å²) < 4.78 is 1.66. The standard InChI is InChI=1S/C21H26N4O2/c1-23-15-21(14-17(19(23)26)16-6-4-3-5-7-16)9-12-25(13-10-21)20(27)18-8-11-24(2)22-18/h3-8,11,17H,9-10,12-15H2,1-2H3. The number of rotatable bonds is 2. The number of benzene rings is 1. The summed E-state index contributed by atoms with van der Waals surface area (Å²) in [6.45, 7) is 2.22. The van der Waals surface area contributed by atoms with Crippen molar-refractivity contribution in [3.63, 3.8) is 0 Å². The Kier molecular flexibility index (Phi) is 4.50. The third-order valence-corrected chi connectivity index (χ3v) is 6.13. The third kappa shape index (κ3) is 3.36. The monoisotopic (exact) mass is 366 g/mol. The second-order valence-corrected chi connectivity index (χ2v) is 8.03. The quantitative estimate of drug-likeness (QED) is 0.819. The maximum absolute atomic E-state index is 12.8. The van der Waals surface area contributed by atoms with Gasteiger partial charge in [-0.3, -0.25) is 14.3 Å². The number of carbonyl (C=O) groups excluding carboxylic acids is 2. The molecule has 1 atom stereocenters. The molecule has 1 aromatic heterocycles. The van der Waals surface area contributed by atoms with Crippen LogP contribution in [0.2, 0.25) is 0 Å². The number of hydrogen-bond donors (Lipinski definition) is 0. The van der Waals surface area contributed by atoms with Crippen molar-refractivity contribution in [1.82, 2.24) is 19.6 Å². The SMILES string of the molecule is CN1CC2(CCN(C(=O)c3ccn(C)n3)CC2)CC(c2ccccc2)C1=O. The van der Waals surface area contributed by atoms with Crippen LogP contribution in [0.25, 0.3) is 0 Å². The molecule has 1 spiro atoms. The molecule has 0 saturated carbocycles. The topological polar surface area (TPSA) is 58.4 Å². The number of likely N-dealkylation sites (N-methyl/N-ethyl adjacent to an activating group) is 1. The van der Waals surface area contributed by atoms with Crippen molar-refractivity contribution < 1.29 is 9.59 Å². The first-order valence-corrected chi connectivity index (χ1v) is 9.56. The largest absolute Gasteiger partial charge is 0.345 e. The average Bonchev–Trinajstić information content (AvgIpc) is 3.12. The van der Waals surface area contributed by atoms with Crippen LogP contribution in [0, 0.1) is 5.41 Å². The lowest BCUT2D eigenvalue weighted by molar-refractivity contribution is -0.139. The molecule has 2 fully saturated rings. The molecular weight excluding hydrogens is 340 g/mol. The molecule has 1 aromatic carbocycles. The number of carbonyl (C=O) groups is 2. The van der Waals surface area contributed by atoms with Crippen LogP contribution < -0.4 is 0 Å². The van der Waals surface area contributed by atoms with Crippen molar-refractivity contribution >= 4 is 11.8 Å². The molecule has 0 radical (unpaired) electrons. The van der Waals surface area contributed by atoms with E-state index in [0.717, 1.165) is 44.5 Å². The lowest BCUT2D eigenvalue weighted by Gasteiger charge is -2.49. The van der Waals surface area contributed by atoms with E-state index in [1.54, 1.807) is 16.9 Å². The summed E-state index contributed by atoms with van der Waals surface area (Å²) in [5.41, 5.74) is 1.69. The van der Waals surface area contributed by atoms with Crippen LogP contribution in [-0.4, -0.2) is 58.1 Å². The van der Waals surface area contributed by atoms with Gasteiger partial charge in [-0.2, -0.15) is 5.10 Å². The van der Waals surface area contributed by atoms with Crippen LogP contribution in [0.15, 0.2) is 42.6 Å². The van der Waals surface area contributed by atoms with Crippen LogP contribution in [0.4, 0.5) is 0 Å². The minimum atomic E-state index is -0.0806. The molecule has 142 valence electrons. The summed E-state index contributed by atoms with van der Waals surface area (Å²) in [6.07, 6.45) is 4.51. The van der Waals surface area contributed by atoms with Gasteiger partial charge in [0.25, 0.3) is 5.91 Å². The van der Waals surface area contributed by atoms with Gasteiger partial charge in [0.2, 0.25) is 5.91 Å². The normalized spacial score (nSPS) is 22.3. The second-order valence-electron chi connectivity index (χ2n) is 8.03. The molecule has 6 nitrogen and oxygen atoms in total. The Hall–Kier alpha value is -2.63. The van der Waals surface area contributed by atoms with Crippen LogP contribution >= 0.6 is 0 Å². The van der Waals surface area contributed by atoms with E-state index in [4.69, 9.17) is 0 Å². The highest BCUT2D eigenvalue weighted by molar-refractivity contribution is 5.92. The zero-order chi connectivity index (χ0) is 19.0. The first-order valence-electron chi connectivity index (χ1n) is 9.56. The maximum atomic E-state index is 12.8. The van der Waals surface area contributed by atoms with Gasteiger partial charge in [-0.05, 0) is 36.3 Å². The van der Waals surface area contributed by atoms with Crippen molar-refractivity contribution in [2.24, 2.45) is 12.5 Å². The highest BCUT2D eigenvalue weighted by Gasteiger charge is 2.45. The van der Waals surface area contributed by atoms with Gasteiger partial charge in [-0.25, -0.2) is 0 Å². The first-order chi connectivity index (χ1) is 13.0. The molecule has 1 unspecified atom stereocenters. The van der Waals surface area contributed by atoms with E-state index in [-0.39, 0.29) is 23.1 Å². The number of aryl methyl sites for hydroxylation is 1. The van der Waals surface area contributed by atoms with E-state index in [1.807, 2.05) is 42.1 Å². The van der Waals surface area contributed by atoms with Gasteiger partial charge in [0, 0.05) is 39.9 Å². The fourth-order valence-corrected chi connectivity index (χ4v) is 4.62. The average molecular weight is 366 g/mol. The first kappa shape index (κ1) is 17.8. The number of likely N-dealkylation sites (tertiary alicyclic amines) is 2. The molecule has 27 heavy (non-hydrogen) atoms. The Morgan fingerprint density at radius 1 is 1.11 bits per heavy atom. The molecule has 0 N–H and O–H groups in total. The van der Waals surface area contributed by atoms with E-state index in [1.165, 1.54) is 0 Å². The minimum absolute atomic E-state index is 0.00491. The molecule has 2 aliphatic rings. The van der Waals surface area contributed by atoms with Gasteiger partial charge in [0.15, 0.2) is 0 Å². The highest BCUT2D eigenvalue weighted by Crippen LogP contribution is 2.45. The maximum Gasteiger partial charge on any atom is 0.274 e. The van der Waals surface area contributed by atoms with Gasteiger partial charge >= 0.3 is 0 Å². The molecule has 2 aromatic rings. The lowest BCUT2D eigenvalue weighted by Crippen LogP contribution is -2.53. The van der Waals surface area contributed by atoms with E-state index in [2.05, 4.69) is 17.2 Å². The molecular formula is C21H26N4O2. The van der Waals surface area contributed by atoms with Gasteiger partial charge in [-0.1, -0.05) is 30.3 Å². The van der Waals surface area contributed by atoms with Gasteiger partial charge in [-0.15, -0.1) is 0 Å². The molecule has 0 bridgehead atoms. The second kappa shape index (κ2) is 6.83. The lowest BCUT2D eigenvalue weighted by atomic mass is 9.67. The Balaban J connectivity index is 1.48. The molecule has 4 rings (SSSR count). The molecule has 0 aliphatic carbocycles. The fraction of sp³-hybridized carbons (Fsp3) is 0.476. The smallest absolute Gasteiger partial charge is 0.274 e. The zero-order valence-corrected chi connectivity index (χ0v) is 16.0. The predicted molar refractivity (Wildman–Crippen MR) is 102 cm³/mol. The number of piperidine rings is 2. The van der Waals surface area contributed by atoms with Gasteiger partial charge in [0.1, 0.15) is 5.69 Å². The van der Waals surface area contributed by atoms with Crippen molar-refractivity contribution in [2.75, 3.05) is 26.7 Å². The summed E-state index contributed by atoms with van der Waals surface area (Å²) in [7, 11) is 3.73. The number of nitrogens with zero attached hydrogens (tertiary/aromatic N) is 4. The highest BCUT2D eigenvalue weighted by atomic mass is 16.2. The summed E-state index contributed by atoms with van der Waals surface area (Å²) in [5, 5.41) is 4.24. The van der Waals surface area contributed by atoms with Crippen molar-refractivity contribution in [2.45, 2.75) is 25.2 Å². The van der Waals surface area contributed by atoms with Crippen LogP contribution in [-0.2, 0) is 11.8 Å². The Labute approximate surface area is 159 Å². The predicted octanol–water partition coefficient (Wildman–Crippen LogP) is 2.29. The Morgan fingerprint density at radius 2 is 1.81 bits per heavy atom. The number of amides is 2. The fourth-order valence-electron chi connectivity index (χ4n) is 4.62. The summed E-state index contributed by atoms with van der Waals surface area (Å²) in [5.74, 6) is 0.132. The van der Waals surface area contributed by atoms with Gasteiger partial charge in [0.05, 0.1) is 5.92 Å². The third-order valence-electron chi connectivity index (χ3n) is 6.13. The zero-order valence-electron chi connectivity index (χ0n) is 16.0. The molecule has 3 heterocycles. The summed E-state index contributed by atoms with van der Waals surface area (Å²) >= 11 is 0. The van der Waals surface area contributed by atoms with Crippen molar-refractivity contribution in [1.29, 1.82) is 0 Å².